The van der Waals surface area contributed by atoms with Gasteiger partial charge < -0.3 is 15.0 Å². The van der Waals surface area contributed by atoms with Crippen molar-refractivity contribution in [3.05, 3.63) is 48.2 Å². The Labute approximate surface area is 259 Å². The van der Waals surface area contributed by atoms with Crippen LogP contribution in [-0.4, -0.2) is 65.5 Å². The molecule has 5 heterocycles. The van der Waals surface area contributed by atoms with Gasteiger partial charge in [-0.2, -0.15) is 21.6 Å². The van der Waals surface area contributed by atoms with Gasteiger partial charge in [-0.3, -0.25) is 4.79 Å². The topological polar surface area (TPSA) is 131 Å². The van der Waals surface area contributed by atoms with Crippen LogP contribution >= 0.6 is 0 Å². The van der Waals surface area contributed by atoms with Crippen LogP contribution in [0.15, 0.2) is 47.6 Å². The molecule has 15 heteroatoms. The van der Waals surface area contributed by atoms with Crippen LogP contribution in [-0.2, 0) is 10.0 Å². The quantitative estimate of drug-likeness (QED) is 0.389. The summed E-state index contributed by atoms with van der Waals surface area (Å²) in [4.78, 5) is 24.6. The van der Waals surface area contributed by atoms with Crippen molar-refractivity contribution >= 4 is 27.6 Å². The maximum atomic E-state index is 13.6. The maximum absolute atomic E-state index is 13.6. The van der Waals surface area contributed by atoms with Crippen molar-refractivity contribution in [2.45, 2.75) is 75.5 Å². The molecule has 3 aromatic heterocycles. The lowest BCUT2D eigenvalue weighted by atomic mass is 9.93. The number of nitrogens with one attached hydrogen (secondary N) is 2. The number of carbonyl (C=O) groups is 1. The van der Waals surface area contributed by atoms with Crippen molar-refractivity contribution in [1.29, 1.82) is 0 Å². The van der Waals surface area contributed by atoms with Crippen LogP contribution in [0.2, 0.25) is 0 Å². The Morgan fingerprint density at radius 2 is 1.89 bits per heavy atom. The molecular formula is C30H36F3N7O4S. The molecule has 11 nitrogen and oxygen atoms in total. The first-order chi connectivity index (χ1) is 21.3. The molecule has 6 rings (SSSR count). The zero-order valence-electron chi connectivity index (χ0n) is 25.1. The number of pyridine rings is 2. The van der Waals surface area contributed by atoms with Crippen molar-refractivity contribution in [2.24, 2.45) is 11.3 Å². The molecule has 0 radical (unpaired) electrons. The van der Waals surface area contributed by atoms with Gasteiger partial charge in [0.2, 0.25) is 5.88 Å². The Morgan fingerprint density at radius 1 is 1.09 bits per heavy atom. The van der Waals surface area contributed by atoms with Gasteiger partial charge in [-0.25, -0.2) is 19.4 Å². The number of hydrogen-bond donors (Lipinski definition) is 2. The Hall–Kier alpha value is -3.88. The van der Waals surface area contributed by atoms with E-state index in [9.17, 15) is 26.4 Å². The molecular weight excluding hydrogens is 611 g/mol. The predicted molar refractivity (Wildman–Crippen MR) is 160 cm³/mol. The number of sulfonamides is 1. The van der Waals surface area contributed by atoms with Gasteiger partial charge in [0.25, 0.3) is 15.9 Å². The zero-order valence-corrected chi connectivity index (χ0v) is 25.9. The molecule has 2 fully saturated rings. The van der Waals surface area contributed by atoms with E-state index in [1.807, 2.05) is 4.90 Å². The number of halogens is 3. The molecule has 1 saturated heterocycles. The van der Waals surface area contributed by atoms with E-state index in [0.29, 0.717) is 36.5 Å². The van der Waals surface area contributed by atoms with Crippen molar-refractivity contribution in [2.75, 3.05) is 29.9 Å². The third-order valence-corrected chi connectivity index (χ3v) is 10.2. The second-order valence-corrected chi connectivity index (χ2v) is 14.4. The normalized spacial score (nSPS) is 22.2. The van der Waals surface area contributed by atoms with E-state index < -0.39 is 27.5 Å². The van der Waals surface area contributed by atoms with E-state index >= 15 is 0 Å². The van der Waals surface area contributed by atoms with Gasteiger partial charge in [-0.1, -0.05) is 12.5 Å². The molecule has 1 amide bonds. The highest BCUT2D eigenvalue weighted by molar-refractivity contribution is 7.90. The second-order valence-electron chi connectivity index (χ2n) is 12.7. The summed E-state index contributed by atoms with van der Waals surface area (Å²) in [5.41, 5.74) is -1.98. The molecule has 1 saturated carbocycles. The van der Waals surface area contributed by atoms with Gasteiger partial charge in [0, 0.05) is 30.9 Å². The fourth-order valence-electron chi connectivity index (χ4n) is 6.26. The summed E-state index contributed by atoms with van der Waals surface area (Å²) in [6.07, 6.45) is 1.07. The molecule has 3 aromatic rings. The SMILES string of the molecule is CC1(C)CC2CCCCNc3cccc(n3)S(=O)(=O)NC(=O)c3ccc(-n4ccc(OCCC5(C(F)(F)F)CC5)n4)nc3N1C2. The van der Waals surface area contributed by atoms with Gasteiger partial charge in [0.1, 0.15) is 11.6 Å². The van der Waals surface area contributed by atoms with Crippen LogP contribution in [0.5, 0.6) is 5.88 Å². The van der Waals surface area contributed by atoms with Gasteiger partial charge in [0.15, 0.2) is 10.8 Å². The largest absolute Gasteiger partial charge is 0.477 e. The first-order valence-electron chi connectivity index (χ1n) is 15.1. The number of amides is 1. The van der Waals surface area contributed by atoms with Crippen LogP contribution in [0.1, 0.15) is 69.2 Å². The van der Waals surface area contributed by atoms with E-state index in [2.05, 4.69) is 34.0 Å². The summed E-state index contributed by atoms with van der Waals surface area (Å²) in [5, 5.41) is 7.24. The molecule has 0 spiro atoms. The first-order valence-corrected chi connectivity index (χ1v) is 16.6. The van der Waals surface area contributed by atoms with Crippen molar-refractivity contribution < 1.29 is 31.1 Å². The summed E-state index contributed by atoms with van der Waals surface area (Å²) in [6.45, 7) is 5.27. The summed E-state index contributed by atoms with van der Waals surface area (Å²) < 4.78 is 75.4. The van der Waals surface area contributed by atoms with E-state index in [1.54, 1.807) is 18.3 Å². The third kappa shape index (κ3) is 6.44. The smallest absolute Gasteiger partial charge is 0.394 e. The molecule has 2 N–H and O–H groups in total. The minimum absolute atomic E-state index is 0.0722. The number of carbonyl (C=O) groups excluding carboxylic acids is 1. The molecule has 4 bridgehead atoms. The van der Waals surface area contributed by atoms with Crippen molar-refractivity contribution in [3.63, 3.8) is 0 Å². The highest BCUT2D eigenvalue weighted by atomic mass is 32.2. The summed E-state index contributed by atoms with van der Waals surface area (Å²) in [6, 6.07) is 9.15. The Balaban J connectivity index is 1.30. The monoisotopic (exact) mass is 647 g/mol. The molecule has 0 aromatic carbocycles. The lowest BCUT2D eigenvalue weighted by Crippen LogP contribution is -2.41. The maximum Gasteiger partial charge on any atom is 0.394 e. The second kappa shape index (κ2) is 11.5. The van der Waals surface area contributed by atoms with E-state index in [4.69, 9.17) is 9.72 Å². The molecule has 3 aliphatic rings. The Bertz CT molecular complexity index is 1690. The number of rotatable bonds is 5. The molecule has 45 heavy (non-hydrogen) atoms. The average molecular weight is 648 g/mol. The summed E-state index contributed by atoms with van der Waals surface area (Å²) >= 11 is 0. The fraction of sp³-hybridized carbons (Fsp3) is 0.533. The molecule has 242 valence electrons. The number of fused-ring (bicyclic) bond motifs is 6. The number of nitrogens with zero attached hydrogens (tertiary/aromatic N) is 5. The highest BCUT2D eigenvalue weighted by Gasteiger charge is 2.62. The minimum atomic E-state index is -4.31. The van der Waals surface area contributed by atoms with Gasteiger partial charge >= 0.3 is 6.18 Å². The lowest BCUT2D eigenvalue weighted by Gasteiger charge is -2.34. The zero-order chi connectivity index (χ0) is 32.0. The minimum Gasteiger partial charge on any atom is -0.477 e. The Morgan fingerprint density at radius 3 is 2.64 bits per heavy atom. The Kier molecular flexibility index (Phi) is 7.94. The highest BCUT2D eigenvalue weighted by Crippen LogP contribution is 2.59. The van der Waals surface area contributed by atoms with E-state index in [1.165, 1.54) is 28.9 Å². The van der Waals surface area contributed by atoms with Gasteiger partial charge in [-0.05, 0) is 82.6 Å². The summed E-state index contributed by atoms with van der Waals surface area (Å²) in [7, 11) is -4.31. The number of ether oxygens (including phenoxy) is 1. The molecule has 1 aliphatic carbocycles. The predicted octanol–water partition coefficient (Wildman–Crippen LogP) is 5.09. The summed E-state index contributed by atoms with van der Waals surface area (Å²) in [5.74, 6) is 0.683. The number of anilines is 2. The third-order valence-electron chi connectivity index (χ3n) is 8.98. The molecule has 1 unspecified atom stereocenters. The first kappa shape index (κ1) is 31.1. The van der Waals surface area contributed by atoms with E-state index in [-0.39, 0.29) is 47.9 Å². The number of hydrogen-bond acceptors (Lipinski definition) is 9. The van der Waals surface area contributed by atoms with Crippen LogP contribution < -0.4 is 19.7 Å². The number of aromatic nitrogens is 4. The van der Waals surface area contributed by atoms with Gasteiger partial charge in [0.05, 0.1) is 17.6 Å². The van der Waals surface area contributed by atoms with Gasteiger partial charge in [-0.15, -0.1) is 5.10 Å². The molecule has 2 aliphatic heterocycles. The van der Waals surface area contributed by atoms with Crippen LogP contribution in [0, 0.1) is 11.3 Å². The van der Waals surface area contributed by atoms with Crippen LogP contribution in [0.25, 0.3) is 5.82 Å². The van der Waals surface area contributed by atoms with Crippen LogP contribution in [0.4, 0.5) is 24.8 Å². The molecule has 1 atom stereocenters. The average Bonchev–Trinajstić information content (AvgIpc) is 3.53. The van der Waals surface area contributed by atoms with Crippen LogP contribution in [0.3, 0.4) is 0 Å². The number of alkyl halides is 3. The van der Waals surface area contributed by atoms with Crippen molar-refractivity contribution in [3.8, 4) is 11.7 Å². The lowest BCUT2D eigenvalue weighted by molar-refractivity contribution is -0.190. The fourth-order valence-corrected chi connectivity index (χ4v) is 7.19. The van der Waals surface area contributed by atoms with E-state index in [0.717, 1.165) is 25.7 Å². The standard InChI is InChI=1S/C30H36F3N7O4S/c1-28(2)18-20-6-3-4-15-34-22-7-5-8-25(35-22)45(42,43)38-27(41)21-9-10-23(36-26(21)39(28)19-20)40-16-11-24(37-40)44-17-14-29(12-13-29)30(31,32)33/h5,7-11,16,20H,3-4,6,12-15,17-19H2,1-2H3,(H,34,35)(H,38,41). The van der Waals surface area contributed by atoms with Crippen molar-refractivity contribution in [1.82, 2.24) is 24.5 Å².